The van der Waals surface area contributed by atoms with Crippen LogP contribution in [-0.4, -0.2) is 34.7 Å². The average molecular weight is 348 g/mol. The number of hydrogen-bond acceptors (Lipinski definition) is 4. The second-order valence-electron chi connectivity index (χ2n) is 5.36. The lowest BCUT2D eigenvalue weighted by Gasteiger charge is -2.16. The number of carbonyl (C=O) groups is 1. The lowest BCUT2D eigenvalue weighted by atomic mass is 10.1. The van der Waals surface area contributed by atoms with E-state index < -0.39 is 10.0 Å². The van der Waals surface area contributed by atoms with Gasteiger partial charge in [0.1, 0.15) is 0 Å². The number of nitrogens with one attached hydrogen (secondary N) is 1. The Morgan fingerprint density at radius 2 is 1.83 bits per heavy atom. The molecule has 0 aromatic heterocycles. The topological polar surface area (TPSA) is 75.7 Å². The highest BCUT2D eigenvalue weighted by atomic mass is 32.2. The Hall–Kier alpha value is -2.38. The maximum atomic E-state index is 12.3. The van der Waals surface area contributed by atoms with Gasteiger partial charge in [-0.1, -0.05) is 12.1 Å². The van der Waals surface area contributed by atoms with Crippen molar-refractivity contribution >= 4 is 27.3 Å². The van der Waals surface area contributed by atoms with Crippen LogP contribution in [0.5, 0.6) is 0 Å². The number of ether oxygens (including phenoxy) is 1. The first-order chi connectivity index (χ1) is 11.3. The predicted octanol–water partition coefficient (Wildman–Crippen LogP) is 2.48. The van der Waals surface area contributed by atoms with Crippen LogP contribution in [-0.2, 0) is 21.4 Å². The molecule has 0 spiro atoms. The molecule has 0 bridgehead atoms. The molecular weight excluding hydrogens is 328 g/mol. The molecule has 0 heterocycles. The summed E-state index contributed by atoms with van der Waals surface area (Å²) in [6.07, 6.45) is 1.13. The highest BCUT2D eigenvalue weighted by molar-refractivity contribution is 7.92. The van der Waals surface area contributed by atoms with Gasteiger partial charge in [0.15, 0.2) is 0 Å². The Bertz CT molecular complexity index is 817. The molecule has 0 unspecified atom stereocenters. The van der Waals surface area contributed by atoms with Gasteiger partial charge in [-0.2, -0.15) is 0 Å². The van der Waals surface area contributed by atoms with Crippen LogP contribution in [0.25, 0.3) is 0 Å². The minimum Gasteiger partial charge on any atom is -0.380 e. The van der Waals surface area contributed by atoms with Crippen molar-refractivity contribution in [2.45, 2.75) is 6.61 Å². The molecule has 6 nitrogen and oxygen atoms in total. The molecule has 128 valence electrons. The summed E-state index contributed by atoms with van der Waals surface area (Å²) in [5, 5.41) is 2.81. The number of anilines is 2. The highest BCUT2D eigenvalue weighted by Gasteiger charge is 2.13. The quantitative estimate of drug-likeness (QED) is 0.870. The summed E-state index contributed by atoms with van der Waals surface area (Å²) >= 11 is 0. The number of hydrogen-bond donors (Lipinski definition) is 1. The first kappa shape index (κ1) is 18.0. The largest absolute Gasteiger partial charge is 0.380 e. The third-order valence-electron chi connectivity index (χ3n) is 3.49. The van der Waals surface area contributed by atoms with Crippen molar-refractivity contribution < 1.29 is 17.9 Å². The lowest BCUT2D eigenvalue weighted by Crippen LogP contribution is -2.24. The van der Waals surface area contributed by atoms with Crippen molar-refractivity contribution in [1.82, 2.24) is 0 Å². The van der Waals surface area contributed by atoms with Gasteiger partial charge in [-0.3, -0.25) is 9.10 Å². The van der Waals surface area contributed by atoms with E-state index in [1.807, 2.05) is 18.2 Å². The van der Waals surface area contributed by atoms with E-state index in [2.05, 4.69) is 5.32 Å². The minimum atomic E-state index is -3.33. The number of sulfonamides is 1. The Morgan fingerprint density at radius 1 is 1.17 bits per heavy atom. The molecule has 0 aliphatic carbocycles. The number of amides is 1. The van der Waals surface area contributed by atoms with Gasteiger partial charge in [-0.25, -0.2) is 8.42 Å². The van der Waals surface area contributed by atoms with E-state index in [-0.39, 0.29) is 5.91 Å². The van der Waals surface area contributed by atoms with Crippen LogP contribution in [0, 0.1) is 0 Å². The van der Waals surface area contributed by atoms with Crippen molar-refractivity contribution in [3.05, 3.63) is 59.7 Å². The van der Waals surface area contributed by atoms with Crippen LogP contribution in [0.3, 0.4) is 0 Å². The predicted molar refractivity (Wildman–Crippen MR) is 94.8 cm³/mol. The normalized spacial score (nSPS) is 11.1. The van der Waals surface area contributed by atoms with E-state index in [1.165, 1.54) is 7.05 Å². The summed E-state index contributed by atoms with van der Waals surface area (Å²) in [6.45, 7) is 0.468. The van der Waals surface area contributed by atoms with Gasteiger partial charge in [-0.15, -0.1) is 0 Å². The van der Waals surface area contributed by atoms with Crippen LogP contribution in [0.1, 0.15) is 15.9 Å². The van der Waals surface area contributed by atoms with Crippen molar-refractivity contribution in [1.29, 1.82) is 0 Å². The molecule has 2 rings (SSSR count). The number of nitrogens with zero attached hydrogens (tertiary/aromatic N) is 1. The molecule has 0 aliphatic heterocycles. The maximum Gasteiger partial charge on any atom is 0.255 e. The lowest BCUT2D eigenvalue weighted by molar-refractivity contribution is 0.102. The fraction of sp³-hybridized carbons (Fsp3) is 0.235. The van der Waals surface area contributed by atoms with Gasteiger partial charge in [0.2, 0.25) is 10.0 Å². The van der Waals surface area contributed by atoms with E-state index in [0.717, 1.165) is 16.1 Å². The van der Waals surface area contributed by atoms with E-state index in [4.69, 9.17) is 4.74 Å². The molecule has 1 N–H and O–H groups in total. The summed E-state index contributed by atoms with van der Waals surface area (Å²) in [7, 11) is -0.251. The zero-order chi connectivity index (χ0) is 17.7. The molecular formula is C17H20N2O4S. The molecule has 2 aromatic rings. The van der Waals surface area contributed by atoms with Gasteiger partial charge in [0.05, 0.1) is 18.6 Å². The molecule has 0 atom stereocenters. The summed E-state index contributed by atoms with van der Waals surface area (Å²) in [6, 6.07) is 13.8. The number of carbonyl (C=O) groups excluding carboxylic acids is 1. The number of rotatable bonds is 6. The van der Waals surface area contributed by atoms with Gasteiger partial charge in [0, 0.05) is 25.4 Å². The Morgan fingerprint density at radius 3 is 2.42 bits per heavy atom. The second kappa shape index (κ2) is 7.46. The Kier molecular flexibility index (Phi) is 5.58. The fourth-order valence-corrected chi connectivity index (χ4v) is 2.63. The van der Waals surface area contributed by atoms with E-state index in [0.29, 0.717) is 23.5 Å². The van der Waals surface area contributed by atoms with E-state index >= 15 is 0 Å². The Balaban J connectivity index is 2.12. The van der Waals surface area contributed by atoms with E-state index in [9.17, 15) is 13.2 Å². The molecule has 0 radical (unpaired) electrons. The van der Waals surface area contributed by atoms with Crippen molar-refractivity contribution in [2.75, 3.05) is 30.0 Å². The van der Waals surface area contributed by atoms with E-state index in [1.54, 1.807) is 37.4 Å². The van der Waals surface area contributed by atoms with Gasteiger partial charge in [0.25, 0.3) is 5.91 Å². The molecule has 7 heteroatoms. The van der Waals surface area contributed by atoms with Crippen molar-refractivity contribution in [3.8, 4) is 0 Å². The van der Waals surface area contributed by atoms with Crippen molar-refractivity contribution in [2.24, 2.45) is 0 Å². The zero-order valence-electron chi connectivity index (χ0n) is 13.8. The summed E-state index contributed by atoms with van der Waals surface area (Å²) in [5.41, 5.74) is 2.57. The first-order valence-electron chi connectivity index (χ1n) is 7.24. The third-order valence-corrected chi connectivity index (χ3v) is 4.69. The minimum absolute atomic E-state index is 0.266. The smallest absolute Gasteiger partial charge is 0.255 e. The molecule has 2 aromatic carbocycles. The maximum absolute atomic E-state index is 12.3. The van der Waals surface area contributed by atoms with Gasteiger partial charge >= 0.3 is 0 Å². The first-order valence-corrected chi connectivity index (χ1v) is 9.09. The van der Waals surface area contributed by atoms with Crippen LogP contribution < -0.4 is 9.62 Å². The SMILES string of the molecule is COCc1cccc(NC(=O)c2ccc(N(C)S(C)(=O)=O)cc2)c1. The number of benzene rings is 2. The molecule has 24 heavy (non-hydrogen) atoms. The van der Waals surface area contributed by atoms with Crippen LogP contribution >= 0.6 is 0 Å². The highest BCUT2D eigenvalue weighted by Crippen LogP contribution is 2.18. The molecule has 0 saturated heterocycles. The molecule has 0 aliphatic rings. The fourth-order valence-electron chi connectivity index (χ4n) is 2.12. The van der Waals surface area contributed by atoms with Crippen molar-refractivity contribution in [3.63, 3.8) is 0 Å². The van der Waals surface area contributed by atoms with Gasteiger partial charge in [-0.05, 0) is 42.0 Å². The van der Waals surface area contributed by atoms with Crippen LogP contribution in [0.4, 0.5) is 11.4 Å². The summed E-state index contributed by atoms with van der Waals surface area (Å²) < 4.78 is 29.3. The second-order valence-corrected chi connectivity index (χ2v) is 7.38. The zero-order valence-corrected chi connectivity index (χ0v) is 14.6. The van der Waals surface area contributed by atoms with Crippen LogP contribution in [0.2, 0.25) is 0 Å². The van der Waals surface area contributed by atoms with Crippen LogP contribution in [0.15, 0.2) is 48.5 Å². The van der Waals surface area contributed by atoms with Gasteiger partial charge < -0.3 is 10.1 Å². The average Bonchev–Trinajstić information content (AvgIpc) is 2.54. The standard InChI is InChI=1S/C17H20N2O4S/c1-19(24(3,21)22)16-9-7-14(8-10-16)17(20)18-15-6-4-5-13(11-15)12-23-2/h4-11H,12H2,1-3H3,(H,18,20). The molecule has 0 saturated carbocycles. The summed E-state index contributed by atoms with van der Waals surface area (Å²) in [4.78, 5) is 12.3. The third kappa shape index (κ3) is 4.56. The molecule has 0 fully saturated rings. The summed E-state index contributed by atoms with van der Waals surface area (Å²) in [5.74, 6) is -0.266. The number of methoxy groups -OCH3 is 1. The molecule has 1 amide bonds. The Labute approximate surface area is 142 Å². The monoisotopic (exact) mass is 348 g/mol.